The molecule has 6 rings (SSSR count). The maximum atomic E-state index is 4.83. The van der Waals surface area contributed by atoms with Gasteiger partial charge in [0.2, 0.25) is 0 Å². The van der Waals surface area contributed by atoms with Gasteiger partial charge in [0.25, 0.3) is 0 Å². The minimum atomic E-state index is 0.832. The summed E-state index contributed by atoms with van der Waals surface area (Å²) in [6.45, 7) is 0. The molecule has 0 aliphatic carbocycles. The van der Waals surface area contributed by atoms with Gasteiger partial charge in [0, 0.05) is 5.69 Å². The Labute approximate surface area is 179 Å². The Kier molecular flexibility index (Phi) is 4.03. The lowest BCUT2D eigenvalue weighted by Gasteiger charge is -2.07. The molecule has 1 N–H and O–H groups in total. The lowest BCUT2D eigenvalue weighted by molar-refractivity contribution is 1.33. The van der Waals surface area contributed by atoms with Crippen LogP contribution >= 0.6 is 0 Å². The highest BCUT2D eigenvalue weighted by molar-refractivity contribution is 6.15. The molecule has 5 aliphatic rings. The van der Waals surface area contributed by atoms with Crippen molar-refractivity contribution in [3.63, 3.8) is 0 Å². The summed E-state index contributed by atoms with van der Waals surface area (Å²) in [4.78, 5) is 18.9. The van der Waals surface area contributed by atoms with E-state index >= 15 is 0 Å². The van der Waals surface area contributed by atoms with Crippen molar-refractivity contribution in [3.8, 4) is 0 Å². The van der Waals surface area contributed by atoms with E-state index in [4.69, 9.17) is 9.98 Å². The quantitative estimate of drug-likeness (QED) is 0.746. The van der Waals surface area contributed by atoms with Crippen LogP contribution in [0.4, 0.5) is 5.69 Å². The molecule has 8 bridgehead atoms. The molecular weight excluding hydrogens is 382 g/mol. The first-order valence-electron chi connectivity index (χ1n) is 10.1. The van der Waals surface area contributed by atoms with Crippen LogP contribution in [0.25, 0.3) is 0 Å². The van der Waals surface area contributed by atoms with Crippen LogP contribution in [0.2, 0.25) is 0 Å². The number of nitrogens with one attached hydrogen (secondary N) is 1. The normalized spacial score (nSPS) is 20.3. The summed E-state index contributed by atoms with van der Waals surface area (Å²) in [7, 11) is 0. The van der Waals surface area contributed by atoms with Crippen molar-refractivity contribution in [1.29, 1.82) is 0 Å². The lowest BCUT2D eigenvalue weighted by atomic mass is 10.2. The first-order chi connectivity index (χ1) is 15.3. The SMILES string of the molecule is C1=CC2=NC1=CC1=NC(=CC3=NC(=CC4=NC(=C2)C=C4)C(Nc2ccccc2)=C3)C=C1. The molecular formula is C26H17N5. The third-order valence-corrected chi connectivity index (χ3v) is 5.09. The van der Waals surface area contributed by atoms with Gasteiger partial charge in [0.05, 0.1) is 51.3 Å². The minimum Gasteiger partial charge on any atom is -0.354 e. The molecule has 0 radical (unpaired) electrons. The number of allylic oxidation sites excluding steroid dienone is 11. The highest BCUT2D eigenvalue weighted by atomic mass is 15.0. The number of hydrogen-bond donors (Lipinski definition) is 1. The molecule has 0 saturated heterocycles. The summed E-state index contributed by atoms with van der Waals surface area (Å²) < 4.78 is 0. The van der Waals surface area contributed by atoms with Gasteiger partial charge in [-0.1, -0.05) is 18.2 Å². The zero-order valence-electron chi connectivity index (χ0n) is 16.5. The second-order valence-corrected chi connectivity index (χ2v) is 7.43. The van der Waals surface area contributed by atoms with Gasteiger partial charge >= 0.3 is 0 Å². The Bertz CT molecular complexity index is 1360. The number of rotatable bonds is 2. The van der Waals surface area contributed by atoms with Gasteiger partial charge < -0.3 is 5.32 Å². The molecule has 0 spiro atoms. The van der Waals surface area contributed by atoms with Gasteiger partial charge in [-0.2, -0.15) is 0 Å². The Morgan fingerprint density at radius 3 is 1.65 bits per heavy atom. The molecule has 1 aromatic rings. The van der Waals surface area contributed by atoms with Crippen LogP contribution in [0.15, 0.2) is 146 Å². The average molecular weight is 399 g/mol. The van der Waals surface area contributed by atoms with Gasteiger partial charge in [0.15, 0.2) is 0 Å². The van der Waals surface area contributed by atoms with Crippen molar-refractivity contribution >= 4 is 28.5 Å². The van der Waals surface area contributed by atoms with Crippen molar-refractivity contribution < 1.29 is 0 Å². The number of hydrogen-bond acceptors (Lipinski definition) is 5. The summed E-state index contributed by atoms with van der Waals surface area (Å²) in [6, 6.07) is 10.1. The first kappa shape index (κ1) is 17.5. The first-order valence-corrected chi connectivity index (χ1v) is 10.1. The molecule has 5 heterocycles. The Hall–Kier alpha value is -4.38. The van der Waals surface area contributed by atoms with E-state index in [1.165, 1.54) is 0 Å². The second-order valence-electron chi connectivity index (χ2n) is 7.43. The Morgan fingerprint density at radius 2 is 1.03 bits per heavy atom. The summed E-state index contributed by atoms with van der Waals surface area (Å²) in [5.74, 6) is 0. The average Bonchev–Trinajstić information content (AvgIpc) is 3.55. The monoisotopic (exact) mass is 399 g/mol. The smallest absolute Gasteiger partial charge is 0.0894 e. The number of anilines is 1. The molecule has 31 heavy (non-hydrogen) atoms. The number of fused-ring (bicyclic) bond motifs is 4. The molecule has 146 valence electrons. The number of benzene rings is 1. The second kappa shape index (κ2) is 7.15. The topological polar surface area (TPSA) is 61.5 Å². The predicted molar refractivity (Wildman–Crippen MR) is 128 cm³/mol. The molecule has 0 saturated carbocycles. The van der Waals surface area contributed by atoms with Gasteiger partial charge in [-0.15, -0.1) is 0 Å². The molecule has 5 heteroatoms. The van der Waals surface area contributed by atoms with Crippen LogP contribution in [0, 0.1) is 0 Å². The third-order valence-electron chi connectivity index (χ3n) is 5.09. The molecule has 0 aromatic heterocycles. The van der Waals surface area contributed by atoms with Crippen molar-refractivity contribution in [2.24, 2.45) is 20.0 Å². The van der Waals surface area contributed by atoms with Crippen molar-refractivity contribution in [2.75, 3.05) is 5.32 Å². The summed E-state index contributed by atoms with van der Waals surface area (Å²) in [5, 5.41) is 3.47. The summed E-state index contributed by atoms with van der Waals surface area (Å²) in [6.07, 6.45) is 21.9. The van der Waals surface area contributed by atoms with E-state index in [0.717, 1.165) is 57.0 Å². The van der Waals surface area contributed by atoms with E-state index in [9.17, 15) is 0 Å². The Morgan fingerprint density at radius 1 is 0.484 bits per heavy atom. The zero-order valence-corrected chi connectivity index (χ0v) is 16.5. The minimum absolute atomic E-state index is 0.832. The number of nitrogens with zero attached hydrogens (tertiary/aromatic N) is 4. The van der Waals surface area contributed by atoms with Crippen LogP contribution in [-0.4, -0.2) is 22.8 Å². The van der Waals surface area contributed by atoms with E-state index < -0.39 is 0 Å². The van der Waals surface area contributed by atoms with Crippen molar-refractivity contribution in [1.82, 2.24) is 0 Å². The summed E-state index contributed by atoms with van der Waals surface area (Å²) >= 11 is 0. The largest absolute Gasteiger partial charge is 0.354 e. The van der Waals surface area contributed by atoms with E-state index in [0.29, 0.717) is 0 Å². The zero-order chi connectivity index (χ0) is 20.6. The lowest BCUT2D eigenvalue weighted by Crippen LogP contribution is -2.00. The molecule has 0 amide bonds. The van der Waals surface area contributed by atoms with E-state index in [1.807, 2.05) is 97.2 Å². The van der Waals surface area contributed by atoms with Crippen LogP contribution < -0.4 is 5.32 Å². The standard InChI is InChI=1S/C26H17N5/c1-2-4-17(5-3-1)30-26-16-24-14-22-9-8-20(28-22)12-18-6-7-19(27-18)13-21-10-11-23(29-21)15-25(26)31-24/h1-16,30H. The number of aliphatic imine (C=N–C) groups is 4. The Balaban J connectivity index is 1.45. The van der Waals surface area contributed by atoms with Crippen molar-refractivity contribution in [3.05, 3.63) is 126 Å². The van der Waals surface area contributed by atoms with Gasteiger partial charge in [-0.3, -0.25) is 0 Å². The van der Waals surface area contributed by atoms with E-state index in [1.54, 1.807) is 0 Å². The third kappa shape index (κ3) is 3.65. The highest BCUT2D eigenvalue weighted by Crippen LogP contribution is 2.25. The van der Waals surface area contributed by atoms with Gasteiger partial charge in [-0.05, 0) is 79.0 Å². The maximum absolute atomic E-state index is 4.83. The van der Waals surface area contributed by atoms with Gasteiger partial charge in [0.1, 0.15) is 0 Å². The fourth-order valence-electron chi connectivity index (χ4n) is 3.67. The summed E-state index contributed by atoms with van der Waals surface area (Å²) in [5.41, 5.74) is 8.82. The van der Waals surface area contributed by atoms with Crippen LogP contribution in [0.3, 0.4) is 0 Å². The molecule has 0 unspecified atom stereocenters. The fourth-order valence-corrected chi connectivity index (χ4v) is 3.67. The number of para-hydroxylation sites is 1. The predicted octanol–water partition coefficient (Wildman–Crippen LogP) is 5.02. The van der Waals surface area contributed by atoms with E-state index in [-0.39, 0.29) is 0 Å². The molecule has 0 atom stereocenters. The fraction of sp³-hybridized carbons (Fsp3) is 0. The maximum Gasteiger partial charge on any atom is 0.0894 e. The van der Waals surface area contributed by atoms with Crippen LogP contribution in [-0.2, 0) is 0 Å². The molecule has 5 aliphatic heterocycles. The van der Waals surface area contributed by atoms with Crippen LogP contribution in [0.1, 0.15) is 0 Å². The van der Waals surface area contributed by atoms with Crippen molar-refractivity contribution in [2.45, 2.75) is 0 Å². The molecule has 5 nitrogen and oxygen atoms in total. The molecule has 1 aromatic carbocycles. The van der Waals surface area contributed by atoms with Crippen LogP contribution in [0.5, 0.6) is 0 Å². The molecule has 0 fully saturated rings. The van der Waals surface area contributed by atoms with E-state index in [2.05, 4.69) is 15.3 Å². The van der Waals surface area contributed by atoms with Gasteiger partial charge in [-0.25, -0.2) is 20.0 Å². The highest BCUT2D eigenvalue weighted by Gasteiger charge is 2.17.